The minimum absolute atomic E-state index is 0.165. The van der Waals surface area contributed by atoms with Gasteiger partial charge in [0.2, 0.25) is 0 Å². The van der Waals surface area contributed by atoms with Crippen molar-refractivity contribution in [1.29, 1.82) is 0 Å². The molecule has 1 N–H and O–H groups in total. The number of hydrogen-bond donors (Lipinski definition) is 1. The summed E-state index contributed by atoms with van der Waals surface area (Å²) >= 11 is 0. The Balaban J connectivity index is 2.06. The SMILES string of the molecule is CCC1(CNc2ccccc2[N+](=O)[O-])CCC1. The van der Waals surface area contributed by atoms with Crippen molar-refractivity contribution >= 4 is 11.4 Å². The zero-order valence-electron chi connectivity index (χ0n) is 10.1. The lowest BCUT2D eigenvalue weighted by molar-refractivity contribution is -0.384. The van der Waals surface area contributed by atoms with Gasteiger partial charge in [-0.05, 0) is 30.7 Å². The standard InChI is InChI=1S/C13H18N2O2/c1-2-13(8-5-9-13)10-14-11-6-3-4-7-12(11)15(16)17/h3-4,6-7,14H,2,5,8-10H2,1H3. The lowest BCUT2D eigenvalue weighted by Gasteiger charge is -2.41. The Kier molecular flexibility index (Phi) is 3.31. The van der Waals surface area contributed by atoms with Crippen molar-refractivity contribution in [3.63, 3.8) is 0 Å². The number of nitro benzene ring substituents is 1. The van der Waals surface area contributed by atoms with Crippen LogP contribution in [0.2, 0.25) is 0 Å². The monoisotopic (exact) mass is 234 g/mol. The highest BCUT2D eigenvalue weighted by Crippen LogP contribution is 2.44. The number of nitrogens with one attached hydrogen (secondary N) is 1. The van der Waals surface area contributed by atoms with E-state index in [4.69, 9.17) is 0 Å². The minimum atomic E-state index is -0.332. The van der Waals surface area contributed by atoms with Gasteiger partial charge in [0, 0.05) is 12.6 Å². The maximum Gasteiger partial charge on any atom is 0.292 e. The molecule has 4 heteroatoms. The molecule has 0 radical (unpaired) electrons. The molecular formula is C13H18N2O2. The lowest BCUT2D eigenvalue weighted by Crippen LogP contribution is -2.35. The van der Waals surface area contributed by atoms with Gasteiger partial charge in [-0.15, -0.1) is 0 Å². The molecule has 1 aromatic rings. The van der Waals surface area contributed by atoms with Gasteiger partial charge in [-0.3, -0.25) is 10.1 Å². The summed E-state index contributed by atoms with van der Waals surface area (Å²) in [5.74, 6) is 0. The zero-order chi connectivity index (χ0) is 12.3. The van der Waals surface area contributed by atoms with E-state index in [2.05, 4.69) is 12.2 Å². The maximum absolute atomic E-state index is 10.9. The van der Waals surface area contributed by atoms with Gasteiger partial charge < -0.3 is 5.32 Å². The van der Waals surface area contributed by atoms with E-state index in [0.717, 1.165) is 13.0 Å². The molecule has 1 aliphatic rings. The summed E-state index contributed by atoms with van der Waals surface area (Å²) in [6.07, 6.45) is 4.89. The first-order chi connectivity index (χ1) is 8.17. The summed E-state index contributed by atoms with van der Waals surface area (Å²) in [4.78, 5) is 10.5. The number of rotatable bonds is 5. The molecular weight excluding hydrogens is 216 g/mol. The van der Waals surface area contributed by atoms with Crippen LogP contribution in [0.5, 0.6) is 0 Å². The summed E-state index contributed by atoms with van der Waals surface area (Å²) in [5, 5.41) is 14.1. The first-order valence-corrected chi connectivity index (χ1v) is 6.14. The second-order valence-corrected chi connectivity index (χ2v) is 4.83. The molecule has 0 aromatic heterocycles. The molecule has 0 amide bonds. The zero-order valence-corrected chi connectivity index (χ0v) is 10.1. The van der Waals surface area contributed by atoms with Crippen molar-refractivity contribution in [1.82, 2.24) is 0 Å². The Labute approximate surface area is 101 Å². The van der Waals surface area contributed by atoms with Gasteiger partial charge in [-0.1, -0.05) is 25.5 Å². The van der Waals surface area contributed by atoms with E-state index in [9.17, 15) is 10.1 Å². The van der Waals surface area contributed by atoms with Crippen LogP contribution in [0.1, 0.15) is 32.6 Å². The molecule has 0 atom stereocenters. The van der Waals surface area contributed by atoms with Crippen LogP contribution in [0.25, 0.3) is 0 Å². The van der Waals surface area contributed by atoms with Gasteiger partial charge in [0.1, 0.15) is 5.69 Å². The van der Waals surface area contributed by atoms with E-state index >= 15 is 0 Å². The van der Waals surface area contributed by atoms with Crippen molar-refractivity contribution < 1.29 is 4.92 Å². The number of hydrogen-bond acceptors (Lipinski definition) is 3. The van der Waals surface area contributed by atoms with Crippen molar-refractivity contribution in [3.05, 3.63) is 34.4 Å². The highest BCUT2D eigenvalue weighted by Gasteiger charge is 2.35. The van der Waals surface area contributed by atoms with Crippen molar-refractivity contribution in [2.24, 2.45) is 5.41 Å². The molecule has 0 spiro atoms. The summed E-state index contributed by atoms with van der Waals surface area (Å²) in [7, 11) is 0. The number of benzene rings is 1. The van der Waals surface area contributed by atoms with Gasteiger partial charge in [-0.25, -0.2) is 0 Å². The molecule has 0 unspecified atom stereocenters. The quantitative estimate of drug-likeness (QED) is 0.625. The predicted molar refractivity (Wildman–Crippen MR) is 68.2 cm³/mol. The van der Waals surface area contributed by atoms with Gasteiger partial charge in [-0.2, -0.15) is 0 Å². The van der Waals surface area contributed by atoms with Crippen molar-refractivity contribution in [2.45, 2.75) is 32.6 Å². The van der Waals surface area contributed by atoms with Gasteiger partial charge >= 0.3 is 0 Å². The Morgan fingerprint density at radius 3 is 2.65 bits per heavy atom. The number of anilines is 1. The Morgan fingerprint density at radius 2 is 2.12 bits per heavy atom. The van der Waals surface area contributed by atoms with E-state index in [1.165, 1.54) is 19.3 Å². The largest absolute Gasteiger partial charge is 0.379 e. The van der Waals surface area contributed by atoms with Gasteiger partial charge in [0.05, 0.1) is 4.92 Å². The van der Waals surface area contributed by atoms with E-state index in [0.29, 0.717) is 11.1 Å². The van der Waals surface area contributed by atoms with Crippen molar-refractivity contribution in [2.75, 3.05) is 11.9 Å². The molecule has 0 bridgehead atoms. The molecule has 4 nitrogen and oxygen atoms in total. The van der Waals surface area contributed by atoms with Crippen LogP contribution in [-0.4, -0.2) is 11.5 Å². The molecule has 0 heterocycles. The average molecular weight is 234 g/mol. The van der Waals surface area contributed by atoms with E-state index in [-0.39, 0.29) is 10.6 Å². The smallest absolute Gasteiger partial charge is 0.292 e. The molecule has 92 valence electrons. The fraction of sp³-hybridized carbons (Fsp3) is 0.538. The normalized spacial score (nSPS) is 17.2. The highest BCUT2D eigenvalue weighted by atomic mass is 16.6. The van der Waals surface area contributed by atoms with Gasteiger partial charge in [0.15, 0.2) is 0 Å². The Bertz CT molecular complexity index is 408. The summed E-state index contributed by atoms with van der Waals surface area (Å²) < 4.78 is 0. The predicted octanol–water partition coefficient (Wildman–Crippen LogP) is 3.59. The summed E-state index contributed by atoms with van der Waals surface area (Å²) in [6, 6.07) is 6.85. The van der Waals surface area contributed by atoms with Crippen LogP contribution in [0.15, 0.2) is 24.3 Å². The third kappa shape index (κ3) is 2.40. The average Bonchev–Trinajstić information content (AvgIpc) is 2.28. The van der Waals surface area contributed by atoms with E-state index < -0.39 is 0 Å². The molecule has 17 heavy (non-hydrogen) atoms. The maximum atomic E-state index is 10.9. The molecule has 0 aliphatic heterocycles. The topological polar surface area (TPSA) is 55.2 Å². The number of para-hydroxylation sites is 2. The van der Waals surface area contributed by atoms with Crippen LogP contribution in [0, 0.1) is 15.5 Å². The molecule has 2 rings (SSSR count). The minimum Gasteiger partial charge on any atom is -0.379 e. The molecule has 0 saturated heterocycles. The second kappa shape index (κ2) is 4.73. The van der Waals surface area contributed by atoms with Crippen LogP contribution in [0.3, 0.4) is 0 Å². The summed E-state index contributed by atoms with van der Waals surface area (Å²) in [6.45, 7) is 3.04. The lowest BCUT2D eigenvalue weighted by atomic mass is 9.67. The third-order valence-corrected chi connectivity index (χ3v) is 3.92. The van der Waals surface area contributed by atoms with Crippen LogP contribution in [0.4, 0.5) is 11.4 Å². The van der Waals surface area contributed by atoms with Crippen LogP contribution >= 0.6 is 0 Å². The molecule has 1 aliphatic carbocycles. The number of nitrogens with zero attached hydrogens (tertiary/aromatic N) is 1. The first kappa shape index (κ1) is 11.9. The third-order valence-electron chi connectivity index (χ3n) is 3.92. The van der Waals surface area contributed by atoms with E-state index in [1.54, 1.807) is 18.2 Å². The highest BCUT2D eigenvalue weighted by molar-refractivity contribution is 5.61. The van der Waals surface area contributed by atoms with Crippen molar-refractivity contribution in [3.8, 4) is 0 Å². The Morgan fingerprint density at radius 1 is 1.41 bits per heavy atom. The Hall–Kier alpha value is -1.58. The van der Waals surface area contributed by atoms with E-state index in [1.807, 2.05) is 6.07 Å². The molecule has 1 fully saturated rings. The van der Waals surface area contributed by atoms with Crippen LogP contribution < -0.4 is 5.32 Å². The molecule has 1 aromatic carbocycles. The second-order valence-electron chi connectivity index (χ2n) is 4.83. The van der Waals surface area contributed by atoms with Gasteiger partial charge in [0.25, 0.3) is 5.69 Å². The fourth-order valence-corrected chi connectivity index (χ4v) is 2.40. The van der Waals surface area contributed by atoms with Crippen LogP contribution in [-0.2, 0) is 0 Å². The first-order valence-electron chi connectivity index (χ1n) is 6.14. The number of nitro groups is 1. The molecule has 1 saturated carbocycles. The fourth-order valence-electron chi connectivity index (χ4n) is 2.40. The summed E-state index contributed by atoms with van der Waals surface area (Å²) in [5.41, 5.74) is 1.17.